The van der Waals surface area contributed by atoms with Crippen LogP contribution in [0.4, 0.5) is 5.69 Å². The van der Waals surface area contributed by atoms with Crippen LogP contribution in [0, 0.1) is 5.92 Å². The van der Waals surface area contributed by atoms with E-state index < -0.39 is 0 Å². The number of hydrogen-bond donors (Lipinski definition) is 0. The lowest BCUT2D eigenvalue weighted by atomic mass is 10.1. The molecule has 0 N–H and O–H groups in total. The minimum absolute atomic E-state index is 0.0659. The molecule has 0 aliphatic carbocycles. The third kappa shape index (κ3) is 3.05. The summed E-state index contributed by atoms with van der Waals surface area (Å²) in [6.45, 7) is 3.40. The molecule has 0 spiro atoms. The Morgan fingerprint density at radius 1 is 1.23 bits per heavy atom. The fraction of sp³-hybridized carbons (Fsp3) is 0.429. The SMILES string of the molecule is CCc1ccccc1N1CC(C(=O)N2CCCC2c2cccs2)CC1=O. The van der Waals surface area contributed by atoms with Gasteiger partial charge in [0.15, 0.2) is 0 Å². The van der Waals surface area contributed by atoms with E-state index in [9.17, 15) is 9.59 Å². The summed E-state index contributed by atoms with van der Waals surface area (Å²) in [7, 11) is 0. The van der Waals surface area contributed by atoms with Gasteiger partial charge in [0.2, 0.25) is 11.8 Å². The van der Waals surface area contributed by atoms with Gasteiger partial charge < -0.3 is 9.80 Å². The molecule has 0 bridgehead atoms. The number of amides is 2. The second-order valence-electron chi connectivity index (χ2n) is 7.09. The molecule has 2 aliphatic heterocycles. The van der Waals surface area contributed by atoms with Gasteiger partial charge >= 0.3 is 0 Å². The number of benzene rings is 1. The maximum atomic E-state index is 13.2. The highest BCUT2D eigenvalue weighted by atomic mass is 32.1. The first-order valence-corrected chi connectivity index (χ1v) is 10.3. The quantitative estimate of drug-likeness (QED) is 0.818. The third-order valence-electron chi connectivity index (χ3n) is 5.55. The highest BCUT2D eigenvalue weighted by molar-refractivity contribution is 7.10. The van der Waals surface area contributed by atoms with Crippen molar-refractivity contribution < 1.29 is 9.59 Å². The van der Waals surface area contributed by atoms with Crippen LogP contribution in [0.1, 0.15) is 42.7 Å². The first-order chi connectivity index (χ1) is 12.7. The summed E-state index contributed by atoms with van der Waals surface area (Å²) in [6, 6.07) is 12.4. The molecule has 2 aromatic rings. The van der Waals surface area contributed by atoms with Gasteiger partial charge in [-0.25, -0.2) is 0 Å². The summed E-state index contributed by atoms with van der Waals surface area (Å²) < 4.78 is 0. The summed E-state index contributed by atoms with van der Waals surface area (Å²) >= 11 is 1.72. The van der Waals surface area contributed by atoms with E-state index in [1.165, 1.54) is 4.88 Å². The number of rotatable bonds is 4. The highest BCUT2D eigenvalue weighted by Crippen LogP contribution is 2.37. The van der Waals surface area contributed by atoms with E-state index in [1.54, 1.807) is 11.3 Å². The molecular formula is C21H24N2O2S. The molecule has 2 unspecified atom stereocenters. The van der Waals surface area contributed by atoms with Crippen LogP contribution in [0.2, 0.25) is 0 Å². The van der Waals surface area contributed by atoms with Crippen molar-refractivity contribution in [2.75, 3.05) is 18.0 Å². The normalized spacial score (nSPS) is 23.0. The summed E-state index contributed by atoms with van der Waals surface area (Å²) in [5.41, 5.74) is 2.12. The Morgan fingerprint density at radius 2 is 2.08 bits per heavy atom. The Kier molecular flexibility index (Phi) is 4.81. The van der Waals surface area contributed by atoms with Crippen LogP contribution in [0.15, 0.2) is 41.8 Å². The lowest BCUT2D eigenvalue weighted by Crippen LogP contribution is -2.37. The molecule has 1 aromatic carbocycles. The number of anilines is 1. The van der Waals surface area contributed by atoms with Crippen LogP contribution in [0.25, 0.3) is 0 Å². The molecular weight excluding hydrogens is 344 g/mol. The molecule has 2 aliphatic rings. The molecule has 2 amide bonds. The standard InChI is InChI=1S/C21H24N2O2S/c1-2-15-7-3-4-8-17(15)23-14-16(13-20(23)24)21(25)22-11-5-9-18(22)19-10-6-12-26-19/h3-4,6-8,10,12,16,18H,2,5,9,11,13-14H2,1H3. The summed E-state index contributed by atoms with van der Waals surface area (Å²) in [4.78, 5) is 30.9. The number of carbonyl (C=O) groups is 2. The monoisotopic (exact) mass is 368 g/mol. The number of aryl methyl sites for hydroxylation is 1. The molecule has 0 saturated carbocycles. The predicted octanol–water partition coefficient (Wildman–Crippen LogP) is 4.03. The number of hydrogen-bond acceptors (Lipinski definition) is 3. The Balaban J connectivity index is 1.52. The van der Waals surface area contributed by atoms with Crippen molar-refractivity contribution in [3.05, 3.63) is 52.2 Å². The molecule has 3 heterocycles. The fourth-order valence-electron chi connectivity index (χ4n) is 4.22. The Bertz CT molecular complexity index is 802. The highest BCUT2D eigenvalue weighted by Gasteiger charge is 2.41. The number of para-hydroxylation sites is 1. The molecule has 4 rings (SSSR count). The van der Waals surface area contributed by atoms with E-state index >= 15 is 0 Å². The maximum absolute atomic E-state index is 13.2. The fourth-order valence-corrected chi connectivity index (χ4v) is 5.09. The van der Waals surface area contributed by atoms with Crippen molar-refractivity contribution >= 4 is 28.8 Å². The van der Waals surface area contributed by atoms with Gasteiger partial charge in [0.05, 0.1) is 12.0 Å². The second kappa shape index (κ2) is 7.23. The van der Waals surface area contributed by atoms with Gasteiger partial charge in [-0.2, -0.15) is 0 Å². The van der Waals surface area contributed by atoms with Gasteiger partial charge in [0.1, 0.15) is 0 Å². The Morgan fingerprint density at radius 3 is 2.85 bits per heavy atom. The molecule has 2 atom stereocenters. The summed E-state index contributed by atoms with van der Waals surface area (Å²) in [6.07, 6.45) is 3.27. The van der Waals surface area contributed by atoms with E-state index in [2.05, 4.69) is 24.4 Å². The molecule has 4 nitrogen and oxygen atoms in total. The average molecular weight is 369 g/mol. The van der Waals surface area contributed by atoms with Gasteiger partial charge in [-0.3, -0.25) is 9.59 Å². The number of carbonyl (C=O) groups excluding carboxylic acids is 2. The van der Waals surface area contributed by atoms with Gasteiger partial charge in [0.25, 0.3) is 0 Å². The molecule has 26 heavy (non-hydrogen) atoms. The van der Waals surface area contributed by atoms with E-state index in [1.807, 2.05) is 34.1 Å². The van der Waals surface area contributed by atoms with Crippen molar-refractivity contribution in [2.45, 2.75) is 38.6 Å². The predicted molar refractivity (Wildman–Crippen MR) is 104 cm³/mol. The molecule has 0 radical (unpaired) electrons. The third-order valence-corrected chi connectivity index (χ3v) is 6.52. The molecule has 2 fully saturated rings. The minimum Gasteiger partial charge on any atom is -0.335 e. The zero-order chi connectivity index (χ0) is 18.1. The van der Waals surface area contributed by atoms with E-state index in [0.29, 0.717) is 13.0 Å². The van der Waals surface area contributed by atoms with Crippen LogP contribution in [0.3, 0.4) is 0 Å². The van der Waals surface area contributed by atoms with Crippen molar-refractivity contribution in [2.24, 2.45) is 5.92 Å². The van der Waals surface area contributed by atoms with Crippen molar-refractivity contribution in [3.63, 3.8) is 0 Å². The zero-order valence-corrected chi connectivity index (χ0v) is 15.9. The molecule has 1 aromatic heterocycles. The van der Waals surface area contributed by atoms with Crippen molar-refractivity contribution in [3.8, 4) is 0 Å². The summed E-state index contributed by atoms with van der Waals surface area (Å²) in [5.74, 6) is -0.0187. The smallest absolute Gasteiger partial charge is 0.228 e. The lowest BCUT2D eigenvalue weighted by Gasteiger charge is -2.27. The largest absolute Gasteiger partial charge is 0.335 e. The van der Waals surface area contributed by atoms with Crippen LogP contribution < -0.4 is 4.90 Å². The van der Waals surface area contributed by atoms with Crippen LogP contribution >= 0.6 is 11.3 Å². The molecule has 5 heteroatoms. The lowest BCUT2D eigenvalue weighted by molar-refractivity contribution is -0.136. The number of thiophene rings is 1. The Hall–Kier alpha value is -2.14. The molecule has 2 saturated heterocycles. The first kappa shape index (κ1) is 17.3. The number of likely N-dealkylation sites (tertiary alicyclic amines) is 1. The van der Waals surface area contributed by atoms with Gasteiger partial charge in [-0.15, -0.1) is 11.3 Å². The van der Waals surface area contributed by atoms with E-state index in [-0.39, 0.29) is 23.8 Å². The van der Waals surface area contributed by atoms with Gasteiger partial charge in [-0.05, 0) is 42.3 Å². The van der Waals surface area contributed by atoms with Gasteiger partial charge in [0, 0.05) is 30.1 Å². The van der Waals surface area contributed by atoms with Crippen LogP contribution in [-0.2, 0) is 16.0 Å². The summed E-state index contributed by atoms with van der Waals surface area (Å²) in [5, 5.41) is 2.07. The average Bonchev–Trinajstić information content (AvgIpc) is 3.40. The van der Waals surface area contributed by atoms with Crippen molar-refractivity contribution in [1.82, 2.24) is 4.90 Å². The van der Waals surface area contributed by atoms with Crippen LogP contribution in [0.5, 0.6) is 0 Å². The van der Waals surface area contributed by atoms with E-state index in [4.69, 9.17) is 0 Å². The molecule has 136 valence electrons. The van der Waals surface area contributed by atoms with Crippen LogP contribution in [-0.4, -0.2) is 29.8 Å². The maximum Gasteiger partial charge on any atom is 0.228 e. The second-order valence-corrected chi connectivity index (χ2v) is 8.07. The minimum atomic E-state index is -0.229. The first-order valence-electron chi connectivity index (χ1n) is 9.41. The Labute approximate surface area is 158 Å². The zero-order valence-electron chi connectivity index (χ0n) is 15.1. The topological polar surface area (TPSA) is 40.6 Å². The van der Waals surface area contributed by atoms with Gasteiger partial charge in [-0.1, -0.05) is 31.2 Å². The number of nitrogens with zero attached hydrogens (tertiary/aromatic N) is 2. The van der Waals surface area contributed by atoms with E-state index in [0.717, 1.165) is 37.1 Å². The van der Waals surface area contributed by atoms with Crippen molar-refractivity contribution in [1.29, 1.82) is 0 Å².